The van der Waals surface area contributed by atoms with Gasteiger partial charge < -0.3 is 0 Å². The van der Waals surface area contributed by atoms with E-state index in [1.807, 2.05) is 13.0 Å². The summed E-state index contributed by atoms with van der Waals surface area (Å²) in [5, 5.41) is 8.61. The van der Waals surface area contributed by atoms with Crippen LogP contribution in [0.2, 0.25) is 0 Å². The van der Waals surface area contributed by atoms with Gasteiger partial charge in [-0.1, -0.05) is 26.0 Å². The number of rotatable bonds is 4. The molecule has 0 saturated heterocycles. The Kier molecular flexibility index (Phi) is 4.08. The Labute approximate surface area is 96.6 Å². The van der Waals surface area contributed by atoms with E-state index in [1.54, 1.807) is 25.1 Å². The van der Waals surface area contributed by atoms with Crippen molar-refractivity contribution in [1.82, 2.24) is 0 Å². The van der Waals surface area contributed by atoms with Gasteiger partial charge in [-0.15, -0.1) is 0 Å². The third-order valence-corrected chi connectivity index (χ3v) is 4.30. The van der Waals surface area contributed by atoms with Gasteiger partial charge in [0.25, 0.3) is 0 Å². The zero-order chi connectivity index (χ0) is 12.2. The predicted molar refractivity (Wildman–Crippen MR) is 62.8 cm³/mol. The van der Waals surface area contributed by atoms with Gasteiger partial charge in [-0.3, -0.25) is 0 Å². The van der Waals surface area contributed by atoms with E-state index in [0.717, 1.165) is 5.56 Å². The quantitative estimate of drug-likeness (QED) is 0.808. The second-order valence-electron chi connectivity index (χ2n) is 3.74. The van der Waals surface area contributed by atoms with E-state index in [2.05, 4.69) is 6.07 Å². The SMILES string of the molecule is CCS(=O)(=O)c1cccc(C(C)CC#N)c1. The third-order valence-electron chi connectivity index (χ3n) is 2.56. The topological polar surface area (TPSA) is 57.9 Å². The summed E-state index contributed by atoms with van der Waals surface area (Å²) < 4.78 is 23.3. The van der Waals surface area contributed by atoms with Gasteiger partial charge >= 0.3 is 0 Å². The molecule has 0 bridgehead atoms. The standard InChI is InChI=1S/C12H15NO2S/c1-3-16(14,15)12-6-4-5-11(9-12)10(2)7-8-13/h4-6,9-10H,3,7H2,1-2H3. The number of benzene rings is 1. The first-order valence-corrected chi connectivity index (χ1v) is 6.86. The summed E-state index contributed by atoms with van der Waals surface area (Å²) in [5.74, 6) is 0.167. The van der Waals surface area contributed by atoms with Gasteiger partial charge in [-0.05, 0) is 23.6 Å². The van der Waals surface area contributed by atoms with Gasteiger partial charge in [0, 0.05) is 6.42 Å². The van der Waals surface area contributed by atoms with Crippen molar-refractivity contribution in [2.75, 3.05) is 5.75 Å². The van der Waals surface area contributed by atoms with Crippen LogP contribution < -0.4 is 0 Å². The third kappa shape index (κ3) is 2.83. The van der Waals surface area contributed by atoms with Crippen molar-refractivity contribution in [3.05, 3.63) is 29.8 Å². The lowest BCUT2D eigenvalue weighted by Crippen LogP contribution is -2.04. The molecule has 0 amide bonds. The lowest BCUT2D eigenvalue weighted by Gasteiger charge is -2.09. The fourth-order valence-electron chi connectivity index (χ4n) is 1.44. The zero-order valence-corrected chi connectivity index (χ0v) is 10.3. The highest BCUT2D eigenvalue weighted by Crippen LogP contribution is 2.22. The zero-order valence-electron chi connectivity index (χ0n) is 9.47. The Bertz CT molecular complexity index is 500. The molecule has 1 rings (SSSR count). The number of nitriles is 1. The predicted octanol–water partition coefficient (Wildman–Crippen LogP) is 2.50. The Hall–Kier alpha value is -1.34. The minimum Gasteiger partial charge on any atom is -0.224 e. The highest BCUT2D eigenvalue weighted by Gasteiger charge is 2.13. The average Bonchev–Trinajstić information content (AvgIpc) is 2.29. The van der Waals surface area contributed by atoms with Crippen LogP contribution in [0.15, 0.2) is 29.2 Å². The van der Waals surface area contributed by atoms with Gasteiger partial charge in [-0.25, -0.2) is 8.42 Å². The van der Waals surface area contributed by atoms with E-state index < -0.39 is 9.84 Å². The smallest absolute Gasteiger partial charge is 0.178 e. The van der Waals surface area contributed by atoms with Crippen molar-refractivity contribution in [3.63, 3.8) is 0 Å². The van der Waals surface area contributed by atoms with Crippen LogP contribution in [0.4, 0.5) is 0 Å². The molecule has 4 heteroatoms. The highest BCUT2D eigenvalue weighted by atomic mass is 32.2. The Morgan fingerprint density at radius 2 is 2.12 bits per heavy atom. The first kappa shape index (κ1) is 12.7. The number of hydrogen-bond acceptors (Lipinski definition) is 3. The molecule has 0 aliphatic heterocycles. The molecule has 16 heavy (non-hydrogen) atoms. The summed E-state index contributed by atoms with van der Waals surface area (Å²) in [6.07, 6.45) is 0.398. The monoisotopic (exact) mass is 237 g/mol. The van der Waals surface area contributed by atoms with E-state index in [-0.39, 0.29) is 11.7 Å². The average molecular weight is 237 g/mol. The minimum atomic E-state index is -3.15. The lowest BCUT2D eigenvalue weighted by molar-refractivity contribution is 0.597. The van der Waals surface area contributed by atoms with Crippen LogP contribution in [0.25, 0.3) is 0 Å². The van der Waals surface area contributed by atoms with Crippen LogP contribution in [-0.4, -0.2) is 14.2 Å². The normalized spacial score (nSPS) is 13.1. The van der Waals surface area contributed by atoms with Crippen molar-refractivity contribution < 1.29 is 8.42 Å². The second-order valence-corrected chi connectivity index (χ2v) is 6.02. The van der Waals surface area contributed by atoms with Crippen LogP contribution in [0.5, 0.6) is 0 Å². The van der Waals surface area contributed by atoms with Crippen LogP contribution in [0, 0.1) is 11.3 Å². The van der Waals surface area contributed by atoms with Crippen LogP contribution >= 0.6 is 0 Å². The fraction of sp³-hybridized carbons (Fsp3) is 0.417. The van der Waals surface area contributed by atoms with Gasteiger partial charge in [0.15, 0.2) is 9.84 Å². The molecule has 0 aliphatic rings. The lowest BCUT2D eigenvalue weighted by atomic mass is 9.99. The molecule has 0 radical (unpaired) electrons. The molecule has 1 atom stereocenters. The summed E-state index contributed by atoms with van der Waals surface area (Å²) in [6, 6.07) is 8.94. The maximum atomic E-state index is 11.7. The molecule has 0 N–H and O–H groups in total. The number of sulfone groups is 1. The molecular formula is C12H15NO2S. The molecule has 1 aromatic rings. The van der Waals surface area contributed by atoms with Crippen LogP contribution in [-0.2, 0) is 9.84 Å². The Morgan fingerprint density at radius 1 is 1.44 bits per heavy atom. The summed E-state index contributed by atoms with van der Waals surface area (Å²) in [6.45, 7) is 3.54. The number of nitrogens with zero attached hydrogens (tertiary/aromatic N) is 1. The van der Waals surface area contributed by atoms with Crippen molar-refractivity contribution in [2.24, 2.45) is 0 Å². The Morgan fingerprint density at radius 3 is 2.69 bits per heavy atom. The molecule has 1 unspecified atom stereocenters. The molecular weight excluding hydrogens is 222 g/mol. The summed E-state index contributed by atoms with van der Waals surface area (Å²) >= 11 is 0. The highest BCUT2D eigenvalue weighted by molar-refractivity contribution is 7.91. The summed E-state index contributed by atoms with van der Waals surface area (Å²) in [7, 11) is -3.15. The van der Waals surface area contributed by atoms with Gasteiger partial charge in [0.05, 0.1) is 16.7 Å². The maximum absolute atomic E-state index is 11.7. The molecule has 0 heterocycles. The van der Waals surface area contributed by atoms with Crippen molar-refractivity contribution in [1.29, 1.82) is 5.26 Å². The maximum Gasteiger partial charge on any atom is 0.178 e. The van der Waals surface area contributed by atoms with Crippen LogP contribution in [0.3, 0.4) is 0 Å². The van der Waals surface area contributed by atoms with Crippen molar-refractivity contribution in [3.8, 4) is 6.07 Å². The molecule has 0 spiro atoms. The van der Waals surface area contributed by atoms with E-state index in [1.165, 1.54) is 0 Å². The first-order chi connectivity index (χ1) is 7.51. The van der Waals surface area contributed by atoms with Gasteiger partial charge in [0.1, 0.15) is 0 Å². The minimum absolute atomic E-state index is 0.0667. The molecule has 0 saturated carbocycles. The van der Waals surface area contributed by atoms with E-state index >= 15 is 0 Å². The van der Waals surface area contributed by atoms with Crippen LogP contribution in [0.1, 0.15) is 31.7 Å². The van der Waals surface area contributed by atoms with Gasteiger partial charge in [0.2, 0.25) is 0 Å². The molecule has 3 nitrogen and oxygen atoms in total. The molecule has 0 aliphatic carbocycles. The summed E-state index contributed by atoms with van der Waals surface area (Å²) in [4.78, 5) is 0.345. The van der Waals surface area contributed by atoms with E-state index in [4.69, 9.17) is 5.26 Å². The largest absolute Gasteiger partial charge is 0.224 e. The molecule has 86 valence electrons. The molecule has 0 aromatic heterocycles. The Balaban J connectivity index is 3.10. The molecule has 1 aromatic carbocycles. The number of hydrogen-bond donors (Lipinski definition) is 0. The van der Waals surface area contributed by atoms with Crippen molar-refractivity contribution in [2.45, 2.75) is 31.1 Å². The van der Waals surface area contributed by atoms with E-state index in [0.29, 0.717) is 11.3 Å². The first-order valence-electron chi connectivity index (χ1n) is 5.21. The van der Waals surface area contributed by atoms with Gasteiger partial charge in [-0.2, -0.15) is 5.26 Å². The van der Waals surface area contributed by atoms with Crippen molar-refractivity contribution >= 4 is 9.84 Å². The molecule has 0 fully saturated rings. The van der Waals surface area contributed by atoms with E-state index in [9.17, 15) is 8.42 Å². The summed E-state index contributed by atoms with van der Waals surface area (Å²) in [5.41, 5.74) is 0.899. The second kappa shape index (κ2) is 5.13. The fourth-order valence-corrected chi connectivity index (χ4v) is 2.37.